The van der Waals surface area contributed by atoms with Crippen molar-refractivity contribution < 1.29 is 14.3 Å². The highest BCUT2D eigenvalue weighted by molar-refractivity contribution is 6.31. The van der Waals surface area contributed by atoms with Crippen molar-refractivity contribution in [2.45, 2.75) is 52.7 Å². The summed E-state index contributed by atoms with van der Waals surface area (Å²) in [6.07, 6.45) is 4.29. The van der Waals surface area contributed by atoms with Gasteiger partial charge in [0.25, 0.3) is 5.91 Å². The monoisotopic (exact) mass is 494 g/mol. The first-order valence-electron chi connectivity index (χ1n) is 11.9. The van der Waals surface area contributed by atoms with E-state index in [1.165, 1.54) is 0 Å². The zero-order valence-corrected chi connectivity index (χ0v) is 21.3. The number of pyridine rings is 1. The summed E-state index contributed by atoms with van der Waals surface area (Å²) < 4.78 is 6.29. The van der Waals surface area contributed by atoms with Gasteiger partial charge in [-0.3, -0.25) is 4.79 Å². The Morgan fingerprint density at radius 3 is 2.43 bits per heavy atom. The fraction of sp³-hybridized carbons (Fsp3) is 0.481. The summed E-state index contributed by atoms with van der Waals surface area (Å²) in [6.45, 7) is 9.90. The molecule has 2 aromatic rings. The highest BCUT2D eigenvalue weighted by Crippen LogP contribution is 2.55. The van der Waals surface area contributed by atoms with Gasteiger partial charge in [-0.05, 0) is 37.1 Å². The van der Waals surface area contributed by atoms with Crippen LogP contribution in [0.2, 0.25) is 5.02 Å². The van der Waals surface area contributed by atoms with Crippen LogP contribution >= 0.6 is 11.6 Å². The molecule has 2 aliphatic rings. The standard InChI is InChI=1S/C27H31ClN4O3/c1-26(2)24(27(3,4)25(26)35-20-7-5-18(14-29)21(28)13-20)31-23(34)22-8-6-19(15-30-22)32-11-9-17(16-33)10-12-32/h5-8,13,15-17,24-25H,9-12H2,1-4H3,(H,31,34)/t24-,25-. The summed E-state index contributed by atoms with van der Waals surface area (Å²) in [6, 6.07) is 10.6. The van der Waals surface area contributed by atoms with Crippen LogP contribution in [0, 0.1) is 28.1 Å². The maximum atomic E-state index is 13.1. The minimum Gasteiger partial charge on any atom is -0.489 e. The van der Waals surface area contributed by atoms with Gasteiger partial charge in [0.05, 0.1) is 22.5 Å². The van der Waals surface area contributed by atoms with Crippen LogP contribution in [-0.4, -0.2) is 42.4 Å². The van der Waals surface area contributed by atoms with Crippen LogP contribution in [-0.2, 0) is 4.79 Å². The summed E-state index contributed by atoms with van der Waals surface area (Å²) in [4.78, 5) is 30.7. The van der Waals surface area contributed by atoms with E-state index in [0.29, 0.717) is 22.0 Å². The van der Waals surface area contributed by atoms with Gasteiger partial charge in [-0.25, -0.2) is 4.98 Å². The van der Waals surface area contributed by atoms with Gasteiger partial charge in [-0.2, -0.15) is 5.26 Å². The van der Waals surface area contributed by atoms with Gasteiger partial charge in [0.2, 0.25) is 0 Å². The number of aromatic nitrogens is 1. The molecule has 1 saturated carbocycles. The SMILES string of the molecule is CC1(C)[C@H](NC(=O)c2ccc(N3CCC(C=O)CC3)cn2)C(C)(C)[C@H]1Oc1ccc(C#N)c(Cl)c1. The normalized spacial score (nSPS) is 23.0. The van der Waals surface area contributed by atoms with Gasteiger partial charge in [0, 0.05) is 41.9 Å². The number of halogens is 1. The number of aldehydes is 1. The zero-order chi connectivity index (χ0) is 25.4. The van der Waals surface area contributed by atoms with E-state index in [-0.39, 0.29) is 34.8 Å². The molecule has 0 radical (unpaired) electrons. The average molecular weight is 495 g/mol. The van der Waals surface area contributed by atoms with Crippen molar-refractivity contribution in [3.63, 3.8) is 0 Å². The summed E-state index contributed by atoms with van der Waals surface area (Å²) in [5.41, 5.74) is 1.04. The van der Waals surface area contributed by atoms with Gasteiger partial charge in [-0.1, -0.05) is 39.3 Å². The number of ether oxygens (including phenoxy) is 1. The number of hydrogen-bond donors (Lipinski definition) is 1. The molecule has 8 heteroatoms. The molecule has 2 fully saturated rings. The molecule has 0 bridgehead atoms. The van der Waals surface area contributed by atoms with Crippen molar-refractivity contribution in [2.24, 2.45) is 16.7 Å². The summed E-state index contributed by atoms with van der Waals surface area (Å²) in [7, 11) is 0. The van der Waals surface area contributed by atoms with E-state index in [4.69, 9.17) is 21.6 Å². The lowest BCUT2D eigenvalue weighted by Crippen LogP contribution is -2.74. The number of hydrogen-bond acceptors (Lipinski definition) is 6. The Balaban J connectivity index is 1.41. The molecule has 4 rings (SSSR count). The quantitative estimate of drug-likeness (QED) is 0.588. The predicted octanol–water partition coefficient (Wildman–Crippen LogP) is 4.63. The summed E-state index contributed by atoms with van der Waals surface area (Å²) in [5, 5.41) is 12.6. The smallest absolute Gasteiger partial charge is 0.270 e. The van der Waals surface area contributed by atoms with Crippen molar-refractivity contribution in [3.8, 4) is 11.8 Å². The van der Waals surface area contributed by atoms with Gasteiger partial charge >= 0.3 is 0 Å². The molecule has 2 heterocycles. The van der Waals surface area contributed by atoms with E-state index < -0.39 is 0 Å². The van der Waals surface area contributed by atoms with Crippen LogP contribution in [0.1, 0.15) is 56.6 Å². The molecule has 1 aromatic carbocycles. The lowest BCUT2D eigenvalue weighted by Gasteiger charge is -2.63. The van der Waals surface area contributed by atoms with Crippen molar-refractivity contribution in [3.05, 3.63) is 52.8 Å². The van der Waals surface area contributed by atoms with Crippen molar-refractivity contribution in [2.75, 3.05) is 18.0 Å². The average Bonchev–Trinajstić information content (AvgIpc) is 2.85. The number of amides is 1. The van der Waals surface area contributed by atoms with Crippen LogP contribution in [0.4, 0.5) is 5.69 Å². The molecule has 7 nitrogen and oxygen atoms in total. The highest BCUT2D eigenvalue weighted by atomic mass is 35.5. The Labute approximate surface area is 211 Å². The Kier molecular flexibility index (Phi) is 6.79. The third-order valence-electron chi connectivity index (χ3n) is 7.51. The molecule has 1 N–H and O–H groups in total. The van der Waals surface area contributed by atoms with E-state index in [0.717, 1.165) is 37.9 Å². The number of piperidine rings is 1. The molecular weight excluding hydrogens is 464 g/mol. The van der Waals surface area contributed by atoms with Crippen molar-refractivity contribution in [1.29, 1.82) is 5.26 Å². The number of nitrogens with one attached hydrogen (secondary N) is 1. The second kappa shape index (κ2) is 9.50. The number of benzene rings is 1. The van der Waals surface area contributed by atoms with Crippen LogP contribution < -0.4 is 15.0 Å². The molecule has 35 heavy (non-hydrogen) atoms. The molecule has 0 spiro atoms. The van der Waals surface area contributed by atoms with E-state index in [2.05, 4.69) is 49.0 Å². The Hall–Kier alpha value is -3.11. The summed E-state index contributed by atoms with van der Waals surface area (Å²) in [5.74, 6) is 0.515. The first-order chi connectivity index (χ1) is 16.6. The minimum atomic E-state index is -0.345. The second-order valence-corrected chi connectivity index (χ2v) is 11.1. The molecule has 1 amide bonds. The first kappa shape index (κ1) is 25.0. The van der Waals surface area contributed by atoms with Crippen molar-refractivity contribution >= 4 is 29.5 Å². The highest BCUT2D eigenvalue weighted by Gasteiger charge is 2.64. The molecular formula is C27H31ClN4O3. The number of carbonyl (C=O) groups is 2. The summed E-state index contributed by atoms with van der Waals surface area (Å²) >= 11 is 6.17. The van der Waals surface area contributed by atoms with Crippen LogP contribution in [0.25, 0.3) is 0 Å². The predicted molar refractivity (Wildman–Crippen MR) is 135 cm³/mol. The van der Waals surface area contributed by atoms with E-state index in [1.807, 2.05) is 6.07 Å². The fourth-order valence-electron chi connectivity index (χ4n) is 5.80. The van der Waals surface area contributed by atoms with Crippen molar-refractivity contribution in [1.82, 2.24) is 10.3 Å². The fourth-order valence-corrected chi connectivity index (χ4v) is 6.01. The number of nitrogens with zero attached hydrogens (tertiary/aromatic N) is 3. The molecule has 1 aliphatic heterocycles. The molecule has 184 valence electrons. The largest absolute Gasteiger partial charge is 0.489 e. The second-order valence-electron chi connectivity index (χ2n) is 10.7. The van der Waals surface area contributed by atoms with Crippen LogP contribution in [0.5, 0.6) is 5.75 Å². The number of rotatable bonds is 6. The van der Waals surface area contributed by atoms with E-state index in [1.54, 1.807) is 30.5 Å². The zero-order valence-electron chi connectivity index (χ0n) is 20.5. The van der Waals surface area contributed by atoms with E-state index in [9.17, 15) is 9.59 Å². The Morgan fingerprint density at radius 1 is 1.20 bits per heavy atom. The van der Waals surface area contributed by atoms with Gasteiger partial charge in [-0.15, -0.1) is 0 Å². The molecule has 0 atom stereocenters. The van der Waals surface area contributed by atoms with Gasteiger partial charge in [0.1, 0.15) is 29.9 Å². The third kappa shape index (κ3) is 4.72. The minimum absolute atomic E-state index is 0.134. The van der Waals surface area contributed by atoms with Gasteiger partial charge in [0.15, 0.2) is 0 Å². The molecule has 0 unspecified atom stereocenters. The van der Waals surface area contributed by atoms with E-state index >= 15 is 0 Å². The molecule has 1 aromatic heterocycles. The Morgan fingerprint density at radius 2 is 1.89 bits per heavy atom. The Bertz CT molecular complexity index is 1130. The maximum absolute atomic E-state index is 13.1. The van der Waals surface area contributed by atoms with Crippen LogP contribution in [0.3, 0.4) is 0 Å². The molecule has 1 aliphatic carbocycles. The topological polar surface area (TPSA) is 95.3 Å². The lowest BCUT2D eigenvalue weighted by molar-refractivity contribution is -0.164. The number of nitriles is 1. The molecule has 1 saturated heterocycles. The third-order valence-corrected chi connectivity index (χ3v) is 7.82. The lowest BCUT2D eigenvalue weighted by atomic mass is 9.49. The van der Waals surface area contributed by atoms with Crippen LogP contribution in [0.15, 0.2) is 36.5 Å². The maximum Gasteiger partial charge on any atom is 0.270 e. The number of carbonyl (C=O) groups excluding carboxylic acids is 2. The van der Waals surface area contributed by atoms with Gasteiger partial charge < -0.3 is 19.7 Å². The first-order valence-corrected chi connectivity index (χ1v) is 12.3. The number of anilines is 1.